The Morgan fingerprint density at radius 1 is 1.24 bits per heavy atom. The van der Waals surface area contributed by atoms with Gasteiger partial charge in [-0.2, -0.15) is 0 Å². The first-order chi connectivity index (χ1) is 12.1. The van der Waals surface area contributed by atoms with Crippen molar-refractivity contribution >= 4 is 34.1 Å². The number of aliphatic hydroxyl groups excluding tert-OH is 1. The molecule has 0 radical (unpaired) electrons. The number of hydrogen-bond acceptors (Lipinski definition) is 3. The van der Waals surface area contributed by atoms with E-state index in [1.54, 1.807) is 6.07 Å². The Bertz CT molecular complexity index is 850. The molecule has 2 aromatic heterocycles. The van der Waals surface area contributed by atoms with E-state index in [-0.39, 0.29) is 12.0 Å². The van der Waals surface area contributed by atoms with Gasteiger partial charge >= 0.3 is 0 Å². The summed E-state index contributed by atoms with van der Waals surface area (Å²) >= 11 is 11.8. The zero-order valence-corrected chi connectivity index (χ0v) is 15.5. The number of nitrogens with one attached hydrogen (secondary N) is 1. The van der Waals surface area contributed by atoms with Gasteiger partial charge in [0.2, 0.25) is 0 Å². The van der Waals surface area contributed by atoms with Crippen molar-refractivity contribution in [2.24, 2.45) is 7.05 Å². The van der Waals surface area contributed by atoms with Gasteiger partial charge in [0, 0.05) is 37.4 Å². The Morgan fingerprint density at radius 2 is 2.04 bits per heavy atom. The fourth-order valence-corrected chi connectivity index (χ4v) is 3.49. The zero-order valence-electron chi connectivity index (χ0n) is 14.0. The summed E-state index contributed by atoms with van der Waals surface area (Å²) in [6.07, 6.45) is 3.94. The minimum atomic E-state index is -0.371. The molecule has 1 aliphatic rings. The molecule has 6 heteroatoms. The molecular weight excluding hydrogens is 357 g/mol. The Balaban J connectivity index is 0.000000157. The molecule has 1 aliphatic heterocycles. The van der Waals surface area contributed by atoms with E-state index in [1.807, 2.05) is 0 Å². The van der Waals surface area contributed by atoms with E-state index in [9.17, 15) is 5.11 Å². The maximum absolute atomic E-state index is 9.87. The monoisotopic (exact) mass is 377 g/mol. The third kappa shape index (κ3) is 4.33. The van der Waals surface area contributed by atoms with Crippen molar-refractivity contribution < 1.29 is 5.11 Å². The van der Waals surface area contributed by atoms with Crippen LogP contribution in [0.5, 0.6) is 0 Å². The molecule has 132 valence electrons. The van der Waals surface area contributed by atoms with E-state index in [0.717, 1.165) is 18.5 Å². The first kappa shape index (κ1) is 18.2. The average Bonchev–Trinajstić information content (AvgIpc) is 3.00. The van der Waals surface area contributed by atoms with E-state index < -0.39 is 0 Å². The van der Waals surface area contributed by atoms with Crippen molar-refractivity contribution in [3.05, 3.63) is 64.5 Å². The van der Waals surface area contributed by atoms with Crippen LogP contribution in [-0.4, -0.2) is 33.9 Å². The second kappa shape index (κ2) is 8.19. The highest BCUT2D eigenvalue weighted by Crippen LogP contribution is 2.30. The molecule has 1 fully saturated rings. The molecule has 0 amide bonds. The molecule has 3 heterocycles. The van der Waals surface area contributed by atoms with Gasteiger partial charge in [0.25, 0.3) is 0 Å². The first-order valence-electron chi connectivity index (χ1n) is 8.26. The summed E-state index contributed by atoms with van der Waals surface area (Å²) in [6, 6.07) is 12.3. The van der Waals surface area contributed by atoms with Crippen molar-refractivity contribution in [2.75, 3.05) is 13.1 Å². The maximum atomic E-state index is 9.87. The summed E-state index contributed by atoms with van der Waals surface area (Å²) < 4.78 is 2.12. The molecule has 2 N–H and O–H groups in total. The number of piperidine rings is 1. The number of halogens is 2. The van der Waals surface area contributed by atoms with Crippen molar-refractivity contribution in [1.29, 1.82) is 0 Å². The number of para-hydroxylation sites is 1. The Hall–Kier alpha value is -1.59. The average molecular weight is 378 g/mol. The molecule has 2 unspecified atom stereocenters. The van der Waals surface area contributed by atoms with Crippen LogP contribution < -0.4 is 5.32 Å². The molecule has 0 spiro atoms. The predicted molar refractivity (Wildman–Crippen MR) is 103 cm³/mol. The lowest BCUT2D eigenvalue weighted by molar-refractivity contribution is 0.114. The number of aliphatic hydroxyl groups is 1. The highest BCUT2D eigenvalue weighted by atomic mass is 35.5. The molecule has 25 heavy (non-hydrogen) atoms. The quantitative estimate of drug-likeness (QED) is 0.630. The lowest BCUT2D eigenvalue weighted by Gasteiger charge is -2.29. The van der Waals surface area contributed by atoms with Crippen LogP contribution in [0.4, 0.5) is 0 Å². The van der Waals surface area contributed by atoms with Gasteiger partial charge in [-0.15, -0.1) is 0 Å². The van der Waals surface area contributed by atoms with E-state index in [4.69, 9.17) is 23.2 Å². The van der Waals surface area contributed by atoms with Gasteiger partial charge < -0.3 is 15.0 Å². The number of aromatic nitrogens is 2. The SMILES string of the molecule is Cn1ccc2ccccc21.OC1CCNCC1c1cc(Cl)cnc1Cl. The summed E-state index contributed by atoms with van der Waals surface area (Å²) in [6.45, 7) is 1.55. The summed E-state index contributed by atoms with van der Waals surface area (Å²) in [5, 5.41) is 15.4. The Kier molecular flexibility index (Phi) is 5.97. The number of pyridine rings is 1. The number of aryl methyl sites for hydroxylation is 1. The third-order valence-electron chi connectivity index (χ3n) is 4.47. The van der Waals surface area contributed by atoms with Crippen LogP contribution in [0.2, 0.25) is 10.2 Å². The lowest BCUT2D eigenvalue weighted by Crippen LogP contribution is -2.38. The molecule has 3 aromatic rings. The fraction of sp³-hybridized carbons (Fsp3) is 0.316. The molecule has 1 aromatic carbocycles. The van der Waals surface area contributed by atoms with E-state index >= 15 is 0 Å². The number of hydrogen-bond donors (Lipinski definition) is 2. The van der Waals surface area contributed by atoms with Crippen molar-refractivity contribution in [1.82, 2.24) is 14.9 Å². The smallest absolute Gasteiger partial charge is 0.132 e. The highest BCUT2D eigenvalue weighted by Gasteiger charge is 2.26. The topological polar surface area (TPSA) is 50.1 Å². The predicted octanol–water partition coefficient (Wildman–Crippen LogP) is 4.00. The zero-order chi connectivity index (χ0) is 17.8. The molecule has 1 saturated heterocycles. The maximum Gasteiger partial charge on any atom is 0.132 e. The van der Waals surface area contributed by atoms with Crippen LogP contribution in [0.1, 0.15) is 17.9 Å². The van der Waals surface area contributed by atoms with Crippen molar-refractivity contribution in [2.45, 2.75) is 18.4 Å². The summed E-state index contributed by atoms with van der Waals surface area (Å²) in [5.74, 6) is -0.0163. The second-order valence-electron chi connectivity index (χ2n) is 6.19. The summed E-state index contributed by atoms with van der Waals surface area (Å²) in [4.78, 5) is 3.98. The minimum Gasteiger partial charge on any atom is -0.392 e. The lowest BCUT2D eigenvalue weighted by atomic mass is 9.90. The number of benzene rings is 1. The van der Waals surface area contributed by atoms with Crippen LogP contribution in [0.25, 0.3) is 10.9 Å². The third-order valence-corrected chi connectivity index (χ3v) is 4.99. The van der Waals surface area contributed by atoms with Crippen LogP contribution in [0, 0.1) is 0 Å². The molecule has 0 saturated carbocycles. The molecule has 0 bridgehead atoms. The summed E-state index contributed by atoms with van der Waals surface area (Å²) in [7, 11) is 2.06. The fourth-order valence-electron chi connectivity index (χ4n) is 3.08. The summed E-state index contributed by atoms with van der Waals surface area (Å²) in [5.41, 5.74) is 2.12. The molecule has 0 aliphatic carbocycles. The normalized spacial score (nSPS) is 20.2. The van der Waals surface area contributed by atoms with Gasteiger partial charge in [-0.3, -0.25) is 0 Å². The molecule has 4 nitrogen and oxygen atoms in total. The van der Waals surface area contributed by atoms with Crippen LogP contribution in [0.3, 0.4) is 0 Å². The van der Waals surface area contributed by atoms with Crippen LogP contribution >= 0.6 is 23.2 Å². The molecule has 2 atom stereocenters. The van der Waals surface area contributed by atoms with Crippen molar-refractivity contribution in [3.63, 3.8) is 0 Å². The van der Waals surface area contributed by atoms with E-state index in [2.05, 4.69) is 58.4 Å². The largest absolute Gasteiger partial charge is 0.392 e. The van der Waals surface area contributed by atoms with Crippen LogP contribution in [0.15, 0.2) is 48.8 Å². The number of rotatable bonds is 1. The second-order valence-corrected chi connectivity index (χ2v) is 6.98. The van der Waals surface area contributed by atoms with E-state index in [0.29, 0.717) is 16.7 Å². The minimum absolute atomic E-state index is 0.0163. The van der Waals surface area contributed by atoms with Gasteiger partial charge in [0.05, 0.1) is 11.1 Å². The number of fused-ring (bicyclic) bond motifs is 1. The first-order valence-corrected chi connectivity index (χ1v) is 9.01. The molecular formula is C19H21Cl2N3O. The van der Waals surface area contributed by atoms with Gasteiger partial charge in [0.1, 0.15) is 5.15 Å². The van der Waals surface area contributed by atoms with Crippen LogP contribution in [-0.2, 0) is 7.05 Å². The Morgan fingerprint density at radius 3 is 2.80 bits per heavy atom. The highest BCUT2D eigenvalue weighted by molar-refractivity contribution is 6.32. The van der Waals surface area contributed by atoms with E-state index in [1.165, 1.54) is 17.1 Å². The van der Waals surface area contributed by atoms with Gasteiger partial charge in [-0.25, -0.2) is 4.98 Å². The standard InChI is InChI=1S/C10H12Cl2N2O.C9H9N/c11-6-3-7(10(12)14-4-6)8-5-13-2-1-9(8)15;1-10-7-6-8-4-2-3-5-9(8)10/h3-4,8-9,13,15H,1-2,5H2;2-7H,1H3. The number of nitrogens with zero attached hydrogens (tertiary/aromatic N) is 2. The van der Waals surface area contributed by atoms with Gasteiger partial charge in [-0.1, -0.05) is 41.4 Å². The van der Waals surface area contributed by atoms with Crippen molar-refractivity contribution in [3.8, 4) is 0 Å². The Labute approximate surface area is 157 Å². The molecule has 4 rings (SSSR count). The van der Waals surface area contributed by atoms with Gasteiger partial charge in [-0.05, 0) is 42.1 Å². The van der Waals surface area contributed by atoms with Gasteiger partial charge in [0.15, 0.2) is 0 Å².